The molecule has 1 aliphatic heterocycles. The van der Waals surface area contributed by atoms with Gasteiger partial charge in [0.25, 0.3) is 0 Å². The van der Waals surface area contributed by atoms with Crippen LogP contribution in [0.25, 0.3) is 0 Å². The summed E-state index contributed by atoms with van der Waals surface area (Å²) in [7, 11) is -3.46. The van der Waals surface area contributed by atoms with Crippen molar-refractivity contribution in [2.24, 2.45) is 22.4 Å². The van der Waals surface area contributed by atoms with Gasteiger partial charge in [-0.15, -0.1) is 0 Å². The van der Waals surface area contributed by atoms with Crippen molar-refractivity contribution in [2.45, 2.75) is 27.7 Å². The van der Waals surface area contributed by atoms with Crippen LogP contribution in [0.1, 0.15) is 27.7 Å². The van der Waals surface area contributed by atoms with Gasteiger partial charge in [0.2, 0.25) is 15.9 Å². The van der Waals surface area contributed by atoms with Crippen molar-refractivity contribution in [3.63, 3.8) is 0 Å². The van der Waals surface area contributed by atoms with E-state index in [0.717, 1.165) is 0 Å². The first-order valence-corrected chi connectivity index (χ1v) is 7.52. The van der Waals surface area contributed by atoms with E-state index in [1.165, 1.54) is 0 Å². The Morgan fingerprint density at radius 3 is 2.29 bits per heavy atom. The van der Waals surface area contributed by atoms with Gasteiger partial charge in [-0.05, 0) is 11.8 Å². The van der Waals surface area contributed by atoms with E-state index in [-0.39, 0.29) is 23.5 Å². The van der Waals surface area contributed by atoms with Gasteiger partial charge in [-0.25, -0.2) is 13.6 Å². The van der Waals surface area contributed by atoms with Gasteiger partial charge in [0.05, 0.1) is 5.75 Å². The van der Waals surface area contributed by atoms with Crippen molar-refractivity contribution in [3.05, 3.63) is 0 Å². The summed E-state index contributed by atoms with van der Waals surface area (Å²) in [6.45, 7) is 8.68. The van der Waals surface area contributed by atoms with E-state index in [9.17, 15) is 13.2 Å². The van der Waals surface area contributed by atoms with Crippen molar-refractivity contribution in [3.8, 4) is 0 Å². The SMILES string of the molecule is CC1CN(C(=O)C(C)(C)C)CC1CS(N)(=O)=O. The highest BCUT2D eigenvalue weighted by atomic mass is 32.2. The second-order valence-electron chi connectivity index (χ2n) is 6.03. The lowest BCUT2D eigenvalue weighted by molar-refractivity contribution is -0.138. The maximum Gasteiger partial charge on any atom is 0.227 e. The largest absolute Gasteiger partial charge is 0.342 e. The Balaban J connectivity index is 2.71. The molecule has 100 valence electrons. The summed E-state index contributed by atoms with van der Waals surface area (Å²) in [6.07, 6.45) is 0. The molecule has 0 spiro atoms. The number of rotatable bonds is 2. The fourth-order valence-corrected chi connectivity index (χ4v) is 3.22. The van der Waals surface area contributed by atoms with Crippen molar-refractivity contribution in [1.82, 2.24) is 4.90 Å². The summed E-state index contributed by atoms with van der Waals surface area (Å²) < 4.78 is 22.2. The maximum atomic E-state index is 12.1. The van der Waals surface area contributed by atoms with Crippen molar-refractivity contribution in [1.29, 1.82) is 0 Å². The van der Waals surface area contributed by atoms with Crippen LogP contribution in [0.3, 0.4) is 0 Å². The Morgan fingerprint density at radius 2 is 1.88 bits per heavy atom. The molecule has 1 saturated heterocycles. The first kappa shape index (κ1) is 14.4. The van der Waals surface area contributed by atoms with Crippen LogP contribution < -0.4 is 5.14 Å². The second-order valence-corrected chi connectivity index (χ2v) is 7.69. The molecule has 1 rings (SSSR count). The Labute approximate surface area is 103 Å². The molecular weight excluding hydrogens is 240 g/mol. The van der Waals surface area contributed by atoms with E-state index in [1.54, 1.807) is 4.90 Å². The molecule has 17 heavy (non-hydrogen) atoms. The monoisotopic (exact) mass is 262 g/mol. The van der Waals surface area contributed by atoms with Crippen LogP contribution in [-0.4, -0.2) is 38.1 Å². The molecule has 6 heteroatoms. The summed E-state index contributed by atoms with van der Waals surface area (Å²) in [5, 5.41) is 5.05. The molecular formula is C11H22N2O3S. The lowest BCUT2D eigenvalue weighted by Crippen LogP contribution is -2.38. The topological polar surface area (TPSA) is 80.5 Å². The first-order valence-electron chi connectivity index (χ1n) is 5.80. The number of carbonyl (C=O) groups excluding carboxylic acids is 1. The molecule has 0 aromatic heterocycles. The van der Waals surface area contributed by atoms with E-state index >= 15 is 0 Å². The molecule has 1 heterocycles. The molecule has 2 unspecified atom stereocenters. The fourth-order valence-electron chi connectivity index (χ4n) is 2.19. The van der Waals surface area contributed by atoms with Crippen LogP contribution in [0.2, 0.25) is 0 Å². The van der Waals surface area contributed by atoms with E-state index in [0.29, 0.717) is 13.1 Å². The second kappa shape index (κ2) is 4.57. The van der Waals surface area contributed by atoms with Crippen LogP contribution >= 0.6 is 0 Å². The van der Waals surface area contributed by atoms with Gasteiger partial charge in [0.1, 0.15) is 0 Å². The normalized spacial score (nSPS) is 26.3. The van der Waals surface area contributed by atoms with E-state index in [2.05, 4.69) is 0 Å². The molecule has 1 aliphatic rings. The van der Waals surface area contributed by atoms with E-state index in [4.69, 9.17) is 5.14 Å². The highest BCUT2D eigenvalue weighted by Crippen LogP contribution is 2.28. The molecule has 2 N–H and O–H groups in total. The third-order valence-electron chi connectivity index (χ3n) is 3.14. The van der Waals surface area contributed by atoms with Gasteiger partial charge in [-0.1, -0.05) is 27.7 Å². The molecule has 2 atom stereocenters. The molecule has 0 radical (unpaired) electrons. The fraction of sp³-hybridized carbons (Fsp3) is 0.909. The summed E-state index contributed by atoms with van der Waals surface area (Å²) in [5.41, 5.74) is -0.420. The quantitative estimate of drug-likeness (QED) is 0.783. The van der Waals surface area contributed by atoms with Gasteiger partial charge in [0, 0.05) is 18.5 Å². The van der Waals surface area contributed by atoms with Crippen LogP contribution in [0.4, 0.5) is 0 Å². The molecule has 5 nitrogen and oxygen atoms in total. The van der Waals surface area contributed by atoms with Gasteiger partial charge in [-0.3, -0.25) is 4.79 Å². The standard InChI is InChI=1S/C11H22N2O3S/c1-8-5-13(10(14)11(2,3)4)6-9(8)7-17(12,15)16/h8-9H,5-7H2,1-4H3,(H2,12,15,16). The summed E-state index contributed by atoms with van der Waals surface area (Å²) >= 11 is 0. The summed E-state index contributed by atoms with van der Waals surface area (Å²) in [4.78, 5) is 13.8. The minimum Gasteiger partial charge on any atom is -0.342 e. The molecule has 1 amide bonds. The number of likely N-dealkylation sites (tertiary alicyclic amines) is 1. The third-order valence-corrected chi connectivity index (χ3v) is 4.04. The zero-order valence-corrected chi connectivity index (χ0v) is 11.8. The number of carbonyl (C=O) groups is 1. The smallest absolute Gasteiger partial charge is 0.227 e. The molecule has 0 bridgehead atoms. The third kappa shape index (κ3) is 3.96. The number of nitrogens with two attached hydrogens (primary N) is 1. The predicted molar refractivity (Wildman–Crippen MR) is 66.7 cm³/mol. The summed E-state index contributed by atoms with van der Waals surface area (Å²) in [6, 6.07) is 0. The average molecular weight is 262 g/mol. The van der Waals surface area contributed by atoms with Crippen molar-refractivity contribution < 1.29 is 13.2 Å². The van der Waals surface area contributed by atoms with Crippen LogP contribution in [0.5, 0.6) is 0 Å². The van der Waals surface area contributed by atoms with Gasteiger partial charge < -0.3 is 4.90 Å². The molecule has 0 aliphatic carbocycles. The highest BCUT2D eigenvalue weighted by Gasteiger charge is 2.37. The molecule has 0 saturated carbocycles. The van der Waals surface area contributed by atoms with E-state index < -0.39 is 15.4 Å². The summed E-state index contributed by atoms with van der Waals surface area (Å²) in [5.74, 6) is 0.166. The minimum absolute atomic E-state index is 0.0396. The zero-order chi connectivity index (χ0) is 13.4. The Bertz CT molecular complexity index is 397. The lowest BCUT2D eigenvalue weighted by Gasteiger charge is -2.25. The predicted octanol–water partition coefficient (Wildman–Crippen LogP) is 0.416. The van der Waals surface area contributed by atoms with Crippen LogP contribution in [0, 0.1) is 17.3 Å². The highest BCUT2D eigenvalue weighted by molar-refractivity contribution is 7.89. The zero-order valence-electron chi connectivity index (χ0n) is 10.9. The van der Waals surface area contributed by atoms with Crippen molar-refractivity contribution in [2.75, 3.05) is 18.8 Å². The van der Waals surface area contributed by atoms with Crippen LogP contribution in [0.15, 0.2) is 0 Å². The van der Waals surface area contributed by atoms with Gasteiger partial charge >= 0.3 is 0 Å². The Kier molecular flexibility index (Phi) is 3.88. The first-order chi connectivity index (χ1) is 7.50. The molecule has 0 aromatic rings. The number of sulfonamides is 1. The van der Waals surface area contributed by atoms with Gasteiger partial charge in [0.15, 0.2) is 0 Å². The number of hydrogen-bond acceptors (Lipinski definition) is 3. The van der Waals surface area contributed by atoms with Gasteiger partial charge in [-0.2, -0.15) is 0 Å². The number of amides is 1. The number of nitrogens with zero attached hydrogens (tertiary/aromatic N) is 1. The maximum absolute atomic E-state index is 12.1. The minimum atomic E-state index is -3.46. The lowest BCUT2D eigenvalue weighted by atomic mass is 9.95. The number of primary sulfonamides is 1. The number of hydrogen-bond donors (Lipinski definition) is 1. The average Bonchev–Trinajstić information content (AvgIpc) is 2.42. The Hall–Kier alpha value is -0.620. The molecule has 1 fully saturated rings. The van der Waals surface area contributed by atoms with Crippen molar-refractivity contribution >= 4 is 15.9 Å². The molecule has 0 aromatic carbocycles. The van der Waals surface area contributed by atoms with E-state index in [1.807, 2.05) is 27.7 Å². The Morgan fingerprint density at radius 1 is 1.35 bits per heavy atom. The van der Waals surface area contributed by atoms with Crippen LogP contribution in [-0.2, 0) is 14.8 Å².